The third-order valence-corrected chi connectivity index (χ3v) is 6.25. The van der Waals surface area contributed by atoms with Gasteiger partial charge in [0.15, 0.2) is 0 Å². The predicted octanol–water partition coefficient (Wildman–Crippen LogP) is 10.2. The SMILES string of the molecule is CC(/C=C(/C)[N-]Cc1ccccc1)=NCc1ccccc1.CC(/C=C(/C)[N-]Cc1ccccc1)=NCc1ccccc1.[Zn+2]. The van der Waals surface area contributed by atoms with Gasteiger partial charge in [-0.05, 0) is 25.0 Å². The van der Waals surface area contributed by atoms with Crippen molar-refractivity contribution in [2.24, 2.45) is 9.98 Å². The van der Waals surface area contributed by atoms with Crippen molar-refractivity contribution in [1.29, 1.82) is 0 Å². The molecule has 5 heteroatoms. The topological polar surface area (TPSA) is 52.9 Å². The van der Waals surface area contributed by atoms with Crippen molar-refractivity contribution >= 4 is 11.4 Å². The van der Waals surface area contributed by atoms with Crippen molar-refractivity contribution in [1.82, 2.24) is 0 Å². The van der Waals surface area contributed by atoms with Crippen LogP contribution in [0.4, 0.5) is 0 Å². The van der Waals surface area contributed by atoms with E-state index in [1.165, 1.54) is 22.3 Å². The smallest absolute Gasteiger partial charge is 0.684 e. The Labute approximate surface area is 271 Å². The van der Waals surface area contributed by atoms with Gasteiger partial charge in [0.1, 0.15) is 0 Å². The van der Waals surface area contributed by atoms with Gasteiger partial charge in [0.05, 0.1) is 13.1 Å². The van der Waals surface area contributed by atoms with Crippen molar-refractivity contribution in [3.63, 3.8) is 0 Å². The first kappa shape index (κ1) is 35.1. The molecule has 0 saturated heterocycles. The van der Waals surface area contributed by atoms with E-state index >= 15 is 0 Å². The fraction of sp³-hybridized carbons (Fsp3) is 0.211. The Morgan fingerprint density at radius 2 is 0.744 bits per heavy atom. The Morgan fingerprint density at radius 3 is 1.05 bits per heavy atom. The Hall–Kier alpha value is -4.08. The van der Waals surface area contributed by atoms with E-state index in [1.807, 2.05) is 113 Å². The van der Waals surface area contributed by atoms with Crippen LogP contribution in [0.25, 0.3) is 10.6 Å². The van der Waals surface area contributed by atoms with E-state index in [0.29, 0.717) is 0 Å². The molecule has 0 saturated carbocycles. The fourth-order valence-electron chi connectivity index (χ4n) is 3.98. The van der Waals surface area contributed by atoms with E-state index in [-0.39, 0.29) is 19.5 Å². The van der Waals surface area contributed by atoms with E-state index in [4.69, 9.17) is 0 Å². The summed E-state index contributed by atoms with van der Waals surface area (Å²) in [6.07, 6.45) is 4.07. The molecule has 0 aliphatic heterocycles. The molecule has 0 spiro atoms. The van der Waals surface area contributed by atoms with E-state index in [2.05, 4.69) is 69.1 Å². The third kappa shape index (κ3) is 15.6. The van der Waals surface area contributed by atoms with Crippen LogP contribution >= 0.6 is 0 Å². The molecular weight excluding hydrogens is 578 g/mol. The number of hydrogen-bond acceptors (Lipinski definition) is 2. The van der Waals surface area contributed by atoms with E-state index in [1.54, 1.807) is 0 Å². The molecule has 0 unspecified atom stereocenters. The van der Waals surface area contributed by atoms with Crippen LogP contribution in [0.5, 0.6) is 0 Å². The summed E-state index contributed by atoms with van der Waals surface area (Å²) in [5, 5.41) is 9.14. The van der Waals surface area contributed by atoms with E-state index < -0.39 is 0 Å². The van der Waals surface area contributed by atoms with Crippen molar-refractivity contribution in [3.05, 3.63) is 178 Å². The average Bonchev–Trinajstić information content (AvgIpc) is 3.03. The van der Waals surface area contributed by atoms with Gasteiger partial charge in [0, 0.05) is 11.4 Å². The Kier molecular flexibility index (Phi) is 16.9. The summed E-state index contributed by atoms with van der Waals surface area (Å²) in [6, 6.07) is 41.1. The molecule has 4 aromatic carbocycles. The molecule has 0 heterocycles. The Balaban J connectivity index is 0.000000293. The third-order valence-electron chi connectivity index (χ3n) is 6.25. The van der Waals surface area contributed by atoms with Crippen LogP contribution < -0.4 is 0 Å². The summed E-state index contributed by atoms with van der Waals surface area (Å²) in [5.41, 5.74) is 8.93. The van der Waals surface area contributed by atoms with E-state index in [9.17, 15) is 0 Å². The van der Waals surface area contributed by atoms with Crippen molar-refractivity contribution in [2.45, 2.75) is 53.9 Å². The van der Waals surface area contributed by atoms with Gasteiger partial charge in [-0.1, -0.05) is 158 Å². The number of aliphatic imine (C=N–C) groups is 2. The second-order valence-corrected chi connectivity index (χ2v) is 10.1. The minimum Gasteiger partial charge on any atom is -0.684 e. The molecule has 0 N–H and O–H groups in total. The number of hydrogen-bond donors (Lipinski definition) is 0. The van der Waals surface area contributed by atoms with Gasteiger partial charge in [-0.25, -0.2) is 0 Å². The molecule has 216 valence electrons. The summed E-state index contributed by atoms with van der Waals surface area (Å²) < 4.78 is 0. The summed E-state index contributed by atoms with van der Waals surface area (Å²) in [6.45, 7) is 10.9. The van der Waals surface area contributed by atoms with Gasteiger partial charge in [0.25, 0.3) is 0 Å². The Morgan fingerprint density at radius 1 is 0.465 bits per heavy atom. The van der Waals surface area contributed by atoms with Gasteiger partial charge in [-0.15, -0.1) is 13.1 Å². The second kappa shape index (κ2) is 20.7. The van der Waals surface area contributed by atoms with Gasteiger partial charge in [0.2, 0.25) is 0 Å². The van der Waals surface area contributed by atoms with Gasteiger partial charge >= 0.3 is 19.5 Å². The van der Waals surface area contributed by atoms with Crippen molar-refractivity contribution < 1.29 is 19.5 Å². The molecule has 4 rings (SSSR count). The summed E-state index contributed by atoms with van der Waals surface area (Å²) in [5.74, 6) is 0. The zero-order valence-electron chi connectivity index (χ0n) is 26.0. The van der Waals surface area contributed by atoms with Crippen molar-refractivity contribution in [2.75, 3.05) is 0 Å². The Bertz CT molecular complexity index is 1320. The van der Waals surface area contributed by atoms with Crippen LogP contribution in [0, 0.1) is 0 Å². The van der Waals surface area contributed by atoms with E-state index in [0.717, 1.165) is 49.0 Å². The summed E-state index contributed by atoms with van der Waals surface area (Å²) in [7, 11) is 0. The first-order valence-corrected chi connectivity index (χ1v) is 14.4. The molecule has 0 radical (unpaired) electrons. The van der Waals surface area contributed by atoms with Gasteiger partial charge in [-0.2, -0.15) is 11.4 Å². The zero-order valence-corrected chi connectivity index (χ0v) is 29.0. The van der Waals surface area contributed by atoms with Crippen molar-refractivity contribution in [3.8, 4) is 0 Å². The number of nitrogens with zero attached hydrogens (tertiary/aromatic N) is 4. The van der Waals surface area contributed by atoms with Crippen LogP contribution in [0.3, 0.4) is 0 Å². The summed E-state index contributed by atoms with van der Waals surface area (Å²) in [4.78, 5) is 9.14. The molecule has 0 amide bonds. The number of rotatable bonds is 12. The molecule has 0 fully saturated rings. The maximum Gasteiger partial charge on any atom is 2.00 e. The largest absolute Gasteiger partial charge is 2.00 e. The maximum atomic E-state index is 4.57. The maximum absolute atomic E-state index is 4.57. The number of allylic oxidation sites excluding steroid dienone is 4. The molecule has 4 aromatic rings. The van der Waals surface area contributed by atoms with Crippen LogP contribution in [-0.2, 0) is 45.7 Å². The summed E-state index contributed by atoms with van der Waals surface area (Å²) >= 11 is 0. The predicted molar refractivity (Wildman–Crippen MR) is 181 cm³/mol. The standard InChI is InChI=1S/2C19H21N2.Zn/c2*1-16(20-14-18-9-5-3-6-10-18)13-17(2)21-15-19-11-7-4-8-12-19;/h2*3-13H,14-15H2,1-2H3;/q2*-1;+2/b2*16-13-,21-17?;. The first-order valence-electron chi connectivity index (χ1n) is 14.4. The fourth-order valence-corrected chi connectivity index (χ4v) is 3.98. The monoisotopic (exact) mass is 618 g/mol. The quantitative estimate of drug-likeness (QED) is 0.112. The molecule has 0 atom stereocenters. The minimum absolute atomic E-state index is 0. The average molecular weight is 620 g/mol. The molecule has 43 heavy (non-hydrogen) atoms. The minimum atomic E-state index is 0. The molecule has 0 bridgehead atoms. The molecule has 0 aliphatic carbocycles. The normalized spacial score (nSPS) is 12.0. The van der Waals surface area contributed by atoms with Gasteiger partial charge < -0.3 is 10.6 Å². The van der Waals surface area contributed by atoms with Crippen LogP contribution in [-0.4, -0.2) is 11.4 Å². The molecular formula is C38H42N4Zn. The molecule has 0 aliphatic rings. The number of benzene rings is 4. The second-order valence-electron chi connectivity index (χ2n) is 10.1. The zero-order chi connectivity index (χ0) is 29.8. The van der Waals surface area contributed by atoms with Crippen LogP contribution in [0.15, 0.2) is 155 Å². The van der Waals surface area contributed by atoms with Crippen LogP contribution in [0.1, 0.15) is 49.9 Å². The molecule has 0 aromatic heterocycles. The first-order chi connectivity index (χ1) is 20.5. The van der Waals surface area contributed by atoms with Gasteiger partial charge in [-0.3, -0.25) is 9.98 Å². The van der Waals surface area contributed by atoms with Crippen LogP contribution in [0.2, 0.25) is 0 Å². The molecule has 4 nitrogen and oxygen atoms in total.